The average Bonchev–Trinajstić information content (AvgIpc) is 2.54. The van der Waals surface area contributed by atoms with Crippen LogP contribution >= 0.6 is 0 Å². The molecule has 4 nitrogen and oxygen atoms in total. The average molecular weight is 270 g/mol. The molecule has 20 heavy (non-hydrogen) atoms. The third-order valence-corrected chi connectivity index (χ3v) is 4.55. The monoisotopic (exact) mass is 270 g/mol. The van der Waals surface area contributed by atoms with Gasteiger partial charge in [-0.05, 0) is 30.9 Å². The first-order valence-electron chi connectivity index (χ1n) is 7.47. The molecule has 3 N–H and O–H groups in total. The number of nitrogens with zero attached hydrogens (tertiary/aromatic N) is 2. The molecule has 0 atom stereocenters. The molecule has 0 amide bonds. The van der Waals surface area contributed by atoms with Crippen LogP contribution < -0.4 is 11.1 Å². The van der Waals surface area contributed by atoms with Gasteiger partial charge < -0.3 is 11.1 Å². The van der Waals surface area contributed by atoms with Gasteiger partial charge in [-0.3, -0.25) is 0 Å². The molecule has 2 aromatic rings. The summed E-state index contributed by atoms with van der Waals surface area (Å²) < 4.78 is 0. The molecule has 0 radical (unpaired) electrons. The largest absolute Gasteiger partial charge is 0.383 e. The van der Waals surface area contributed by atoms with Crippen molar-refractivity contribution < 1.29 is 0 Å². The van der Waals surface area contributed by atoms with Crippen molar-refractivity contribution in [1.29, 1.82) is 0 Å². The Bertz CT molecular complexity index is 570. The third kappa shape index (κ3) is 2.61. The molecule has 4 heteroatoms. The van der Waals surface area contributed by atoms with E-state index >= 15 is 0 Å². The predicted octanol–water partition coefficient (Wildman–Crippen LogP) is 2.95. The first-order valence-corrected chi connectivity index (χ1v) is 7.47. The number of hydrogen-bond donors (Lipinski definition) is 2. The maximum Gasteiger partial charge on any atom is 0.0950 e. The van der Waals surface area contributed by atoms with Crippen molar-refractivity contribution in [3.8, 4) is 0 Å². The lowest BCUT2D eigenvalue weighted by Crippen LogP contribution is -2.39. The Morgan fingerprint density at radius 3 is 2.75 bits per heavy atom. The van der Waals surface area contributed by atoms with Crippen molar-refractivity contribution in [1.82, 2.24) is 10.2 Å². The van der Waals surface area contributed by atoms with Crippen LogP contribution in [0.15, 0.2) is 30.5 Å². The summed E-state index contributed by atoms with van der Waals surface area (Å²) in [4.78, 5) is 0. The van der Waals surface area contributed by atoms with Gasteiger partial charge in [0.1, 0.15) is 0 Å². The number of benzene rings is 1. The summed E-state index contributed by atoms with van der Waals surface area (Å²) >= 11 is 0. The zero-order valence-corrected chi connectivity index (χ0v) is 11.8. The molecule has 0 saturated heterocycles. The number of anilines is 1. The SMILES string of the molecule is NCC1(CNc2cnnc3ccccc23)CCCCC1. The first-order chi connectivity index (χ1) is 9.83. The Morgan fingerprint density at radius 1 is 1.15 bits per heavy atom. The molecule has 0 aliphatic heterocycles. The smallest absolute Gasteiger partial charge is 0.0950 e. The normalized spacial score (nSPS) is 18.1. The molecule has 1 aliphatic carbocycles. The summed E-state index contributed by atoms with van der Waals surface area (Å²) in [5.41, 5.74) is 8.30. The number of rotatable bonds is 4. The van der Waals surface area contributed by atoms with E-state index in [1.807, 2.05) is 24.4 Å². The molecule has 0 unspecified atom stereocenters. The maximum atomic E-state index is 6.05. The molecule has 1 heterocycles. The summed E-state index contributed by atoms with van der Waals surface area (Å²) in [6, 6.07) is 8.10. The Hall–Kier alpha value is -1.68. The van der Waals surface area contributed by atoms with E-state index in [4.69, 9.17) is 5.73 Å². The molecular weight excluding hydrogens is 248 g/mol. The van der Waals surface area contributed by atoms with Crippen molar-refractivity contribution >= 4 is 16.6 Å². The van der Waals surface area contributed by atoms with Gasteiger partial charge in [0.2, 0.25) is 0 Å². The van der Waals surface area contributed by atoms with Gasteiger partial charge in [0, 0.05) is 11.9 Å². The lowest BCUT2D eigenvalue weighted by molar-refractivity contribution is 0.215. The molecule has 1 aliphatic rings. The molecule has 106 valence electrons. The van der Waals surface area contributed by atoms with E-state index in [1.54, 1.807) is 0 Å². The Labute approximate surface area is 119 Å². The first kappa shape index (κ1) is 13.3. The van der Waals surface area contributed by atoms with Crippen LogP contribution in [-0.2, 0) is 0 Å². The number of fused-ring (bicyclic) bond motifs is 1. The fourth-order valence-electron chi connectivity index (χ4n) is 3.19. The standard InChI is InChI=1S/C16H22N4/c17-11-16(8-4-1-5-9-16)12-18-15-10-19-20-14-7-3-2-6-13(14)15/h2-3,6-7,10H,1,4-5,8-9,11-12,17H2,(H,18,20). The van der Waals surface area contributed by atoms with Gasteiger partial charge in [-0.25, -0.2) is 0 Å². The van der Waals surface area contributed by atoms with Crippen LogP contribution in [-0.4, -0.2) is 23.3 Å². The van der Waals surface area contributed by atoms with Crippen molar-refractivity contribution in [3.05, 3.63) is 30.5 Å². The van der Waals surface area contributed by atoms with E-state index in [1.165, 1.54) is 32.1 Å². The number of nitrogens with two attached hydrogens (primary N) is 1. The maximum absolute atomic E-state index is 6.05. The number of aromatic nitrogens is 2. The van der Waals surface area contributed by atoms with Crippen LogP contribution in [0.1, 0.15) is 32.1 Å². The van der Waals surface area contributed by atoms with Gasteiger partial charge in [0.05, 0.1) is 17.4 Å². The van der Waals surface area contributed by atoms with E-state index in [9.17, 15) is 0 Å². The predicted molar refractivity (Wildman–Crippen MR) is 82.6 cm³/mol. The van der Waals surface area contributed by atoms with Gasteiger partial charge in [-0.1, -0.05) is 37.5 Å². The fraction of sp³-hybridized carbons (Fsp3) is 0.500. The van der Waals surface area contributed by atoms with E-state index in [2.05, 4.69) is 21.6 Å². The molecule has 3 rings (SSSR count). The minimum absolute atomic E-state index is 0.253. The highest BCUT2D eigenvalue weighted by Crippen LogP contribution is 2.35. The van der Waals surface area contributed by atoms with E-state index in [0.717, 1.165) is 29.7 Å². The van der Waals surface area contributed by atoms with Crippen molar-refractivity contribution in [2.75, 3.05) is 18.4 Å². The summed E-state index contributed by atoms with van der Waals surface area (Å²) in [6.07, 6.45) is 8.22. The molecule has 1 saturated carbocycles. The minimum Gasteiger partial charge on any atom is -0.383 e. The van der Waals surface area contributed by atoms with Crippen LogP contribution in [0.4, 0.5) is 5.69 Å². The number of nitrogens with one attached hydrogen (secondary N) is 1. The molecule has 0 spiro atoms. The summed E-state index contributed by atoms with van der Waals surface area (Å²) in [6.45, 7) is 1.69. The van der Waals surface area contributed by atoms with Crippen LogP contribution in [0.5, 0.6) is 0 Å². The highest BCUT2D eigenvalue weighted by molar-refractivity contribution is 5.90. The van der Waals surface area contributed by atoms with Crippen LogP contribution in [0.2, 0.25) is 0 Å². The van der Waals surface area contributed by atoms with Gasteiger partial charge >= 0.3 is 0 Å². The second kappa shape index (κ2) is 5.75. The van der Waals surface area contributed by atoms with E-state index < -0.39 is 0 Å². The topological polar surface area (TPSA) is 63.8 Å². The molecule has 1 aromatic carbocycles. The molecular formula is C16H22N4. The quantitative estimate of drug-likeness (QED) is 0.896. The van der Waals surface area contributed by atoms with Crippen LogP contribution in [0, 0.1) is 5.41 Å². The van der Waals surface area contributed by atoms with Crippen molar-refractivity contribution in [2.45, 2.75) is 32.1 Å². The van der Waals surface area contributed by atoms with Gasteiger partial charge in [0.15, 0.2) is 0 Å². The van der Waals surface area contributed by atoms with Gasteiger partial charge in [-0.2, -0.15) is 10.2 Å². The lowest BCUT2D eigenvalue weighted by Gasteiger charge is -2.36. The van der Waals surface area contributed by atoms with E-state index in [-0.39, 0.29) is 5.41 Å². The van der Waals surface area contributed by atoms with E-state index in [0.29, 0.717) is 0 Å². The van der Waals surface area contributed by atoms with Crippen molar-refractivity contribution in [3.63, 3.8) is 0 Å². The van der Waals surface area contributed by atoms with Gasteiger partial charge in [0.25, 0.3) is 0 Å². The second-order valence-corrected chi connectivity index (χ2v) is 5.89. The minimum atomic E-state index is 0.253. The van der Waals surface area contributed by atoms with Gasteiger partial charge in [-0.15, -0.1) is 0 Å². The summed E-state index contributed by atoms with van der Waals surface area (Å²) in [5.74, 6) is 0. The Morgan fingerprint density at radius 2 is 1.95 bits per heavy atom. The second-order valence-electron chi connectivity index (χ2n) is 5.89. The molecule has 1 aromatic heterocycles. The Balaban J connectivity index is 1.79. The van der Waals surface area contributed by atoms with Crippen LogP contribution in [0.25, 0.3) is 10.9 Å². The summed E-state index contributed by atoms with van der Waals surface area (Å²) in [7, 11) is 0. The Kier molecular flexibility index (Phi) is 3.83. The van der Waals surface area contributed by atoms with Crippen LogP contribution in [0.3, 0.4) is 0 Å². The summed E-state index contributed by atoms with van der Waals surface area (Å²) in [5, 5.41) is 12.9. The lowest BCUT2D eigenvalue weighted by atomic mass is 9.74. The zero-order valence-electron chi connectivity index (χ0n) is 11.8. The van der Waals surface area contributed by atoms with Crippen molar-refractivity contribution in [2.24, 2.45) is 11.1 Å². The highest BCUT2D eigenvalue weighted by atomic mass is 15.1. The molecule has 1 fully saturated rings. The fourth-order valence-corrected chi connectivity index (χ4v) is 3.19. The zero-order chi connectivity index (χ0) is 13.8. The third-order valence-electron chi connectivity index (χ3n) is 4.55. The molecule has 0 bridgehead atoms. The highest BCUT2D eigenvalue weighted by Gasteiger charge is 2.30. The number of hydrogen-bond acceptors (Lipinski definition) is 4.